The van der Waals surface area contributed by atoms with Crippen molar-refractivity contribution in [1.29, 1.82) is 0 Å². The number of carboxylic acid groups (broad SMARTS) is 1. The van der Waals surface area contributed by atoms with Gasteiger partial charge in [-0.25, -0.2) is 0 Å². The molecule has 0 radical (unpaired) electrons. The van der Waals surface area contributed by atoms with Gasteiger partial charge in [0.05, 0.1) is 39.1 Å². The molecule has 0 atom stereocenters. The van der Waals surface area contributed by atoms with Crippen LogP contribution >= 0.6 is 0 Å². The average molecular weight is 203 g/mol. The van der Waals surface area contributed by atoms with Crippen LogP contribution in [0, 0.1) is 0 Å². The van der Waals surface area contributed by atoms with Crippen LogP contribution in [0.2, 0.25) is 0 Å². The van der Waals surface area contributed by atoms with Crippen molar-refractivity contribution in [2.45, 2.75) is 12.8 Å². The lowest BCUT2D eigenvalue weighted by Gasteiger charge is -2.24. The van der Waals surface area contributed by atoms with Gasteiger partial charge >= 0.3 is 11.9 Å². The highest BCUT2D eigenvalue weighted by Crippen LogP contribution is 2.01. The molecule has 1 aliphatic heterocycles. The van der Waals surface area contributed by atoms with E-state index in [9.17, 15) is 9.59 Å². The molecule has 80 valence electrons. The van der Waals surface area contributed by atoms with Crippen LogP contribution in [0.15, 0.2) is 0 Å². The second-order valence-electron chi connectivity index (χ2n) is 2.90. The molecule has 1 saturated heterocycles. The van der Waals surface area contributed by atoms with Gasteiger partial charge in [-0.3, -0.25) is 9.59 Å². The number of ether oxygens (including phenoxy) is 1. The minimum atomic E-state index is -0.996. The first kappa shape index (κ1) is 10.9. The number of nitrogens with zero attached hydrogens (tertiary/aromatic N) is 1. The molecule has 0 aromatic carbocycles. The summed E-state index contributed by atoms with van der Waals surface area (Å²) in [6.07, 6.45) is -0.282. The molecule has 0 aromatic heterocycles. The molecule has 0 spiro atoms. The largest absolute Gasteiger partial charge is 0.481 e. The maximum absolute atomic E-state index is 11.0. The minimum Gasteiger partial charge on any atom is -0.481 e. The van der Waals surface area contributed by atoms with Crippen molar-refractivity contribution in [3.8, 4) is 0 Å². The number of carbonyl (C=O) groups is 2. The van der Waals surface area contributed by atoms with Crippen molar-refractivity contribution in [3.05, 3.63) is 0 Å². The number of hydrogen-bond donors (Lipinski definition) is 1. The second-order valence-corrected chi connectivity index (χ2v) is 2.90. The van der Waals surface area contributed by atoms with Gasteiger partial charge in [0.2, 0.25) is 0 Å². The van der Waals surface area contributed by atoms with Crippen molar-refractivity contribution in [2.75, 3.05) is 26.3 Å². The molecule has 0 saturated carbocycles. The Bertz CT molecular complexity index is 212. The Kier molecular flexibility index (Phi) is 4.34. The predicted octanol–water partition coefficient (Wildman–Crippen LogP) is -0.358. The van der Waals surface area contributed by atoms with Gasteiger partial charge in [0.1, 0.15) is 0 Å². The number of rotatable bonds is 4. The van der Waals surface area contributed by atoms with E-state index in [2.05, 4.69) is 0 Å². The number of aliphatic carboxylic acids is 1. The van der Waals surface area contributed by atoms with E-state index >= 15 is 0 Å². The van der Waals surface area contributed by atoms with Crippen molar-refractivity contribution in [1.82, 2.24) is 5.06 Å². The number of carboxylic acids is 1. The van der Waals surface area contributed by atoms with Gasteiger partial charge in [0, 0.05) is 0 Å². The Labute approximate surface area is 81.3 Å². The zero-order valence-electron chi connectivity index (χ0n) is 7.77. The Balaban J connectivity index is 2.15. The molecular weight excluding hydrogens is 190 g/mol. The third kappa shape index (κ3) is 4.20. The molecular formula is C8H13NO5. The van der Waals surface area contributed by atoms with E-state index in [-0.39, 0.29) is 12.8 Å². The maximum Gasteiger partial charge on any atom is 0.325 e. The first-order valence-electron chi connectivity index (χ1n) is 4.44. The molecule has 1 fully saturated rings. The molecule has 6 nitrogen and oxygen atoms in total. The monoisotopic (exact) mass is 203 g/mol. The molecule has 0 aliphatic carbocycles. The van der Waals surface area contributed by atoms with E-state index in [0.29, 0.717) is 26.3 Å². The van der Waals surface area contributed by atoms with Crippen molar-refractivity contribution < 1.29 is 24.3 Å². The number of hydrogen-bond acceptors (Lipinski definition) is 5. The van der Waals surface area contributed by atoms with Gasteiger partial charge in [-0.1, -0.05) is 0 Å². The Morgan fingerprint density at radius 2 is 1.93 bits per heavy atom. The molecule has 1 heterocycles. The third-order valence-electron chi connectivity index (χ3n) is 1.74. The Morgan fingerprint density at radius 1 is 1.29 bits per heavy atom. The first-order chi connectivity index (χ1) is 6.68. The highest BCUT2D eigenvalue weighted by atomic mass is 16.7. The lowest BCUT2D eigenvalue weighted by atomic mass is 10.3. The Morgan fingerprint density at radius 3 is 2.50 bits per heavy atom. The molecule has 14 heavy (non-hydrogen) atoms. The summed E-state index contributed by atoms with van der Waals surface area (Å²) in [6.45, 7) is 2.15. The lowest BCUT2D eigenvalue weighted by Crippen LogP contribution is -2.37. The number of carbonyl (C=O) groups excluding carboxylic acids is 1. The zero-order valence-corrected chi connectivity index (χ0v) is 7.77. The van der Waals surface area contributed by atoms with Gasteiger partial charge in [0.15, 0.2) is 0 Å². The quantitative estimate of drug-likeness (QED) is 0.672. The normalized spacial score (nSPS) is 17.7. The summed E-state index contributed by atoms with van der Waals surface area (Å²) in [5.74, 6) is -1.50. The second kappa shape index (κ2) is 5.56. The van der Waals surface area contributed by atoms with Crippen molar-refractivity contribution >= 4 is 11.9 Å². The molecule has 0 bridgehead atoms. The molecule has 1 N–H and O–H groups in total. The van der Waals surface area contributed by atoms with Gasteiger partial charge < -0.3 is 14.7 Å². The van der Waals surface area contributed by atoms with E-state index in [1.807, 2.05) is 0 Å². The Hall–Kier alpha value is -1.14. The van der Waals surface area contributed by atoms with Gasteiger partial charge in [0.25, 0.3) is 0 Å². The summed E-state index contributed by atoms with van der Waals surface area (Å²) in [7, 11) is 0. The summed E-state index contributed by atoms with van der Waals surface area (Å²) in [5.41, 5.74) is 0. The summed E-state index contributed by atoms with van der Waals surface area (Å²) in [4.78, 5) is 26.1. The maximum atomic E-state index is 11.0. The lowest BCUT2D eigenvalue weighted by molar-refractivity contribution is -0.205. The SMILES string of the molecule is O=C(O)CCC(=O)ON1CCOCC1. The molecule has 0 aromatic rings. The summed E-state index contributed by atoms with van der Waals surface area (Å²) >= 11 is 0. The van der Waals surface area contributed by atoms with Crippen LogP contribution in [0.3, 0.4) is 0 Å². The van der Waals surface area contributed by atoms with E-state index in [1.165, 1.54) is 5.06 Å². The van der Waals surface area contributed by atoms with E-state index < -0.39 is 11.9 Å². The molecule has 0 amide bonds. The summed E-state index contributed by atoms with van der Waals surface area (Å²) < 4.78 is 5.05. The number of morpholine rings is 1. The van der Waals surface area contributed by atoms with E-state index in [1.54, 1.807) is 0 Å². The van der Waals surface area contributed by atoms with Crippen LogP contribution in [0.4, 0.5) is 0 Å². The highest BCUT2D eigenvalue weighted by Gasteiger charge is 2.15. The first-order valence-corrected chi connectivity index (χ1v) is 4.44. The zero-order chi connectivity index (χ0) is 10.4. The van der Waals surface area contributed by atoms with Crippen LogP contribution in [0.5, 0.6) is 0 Å². The third-order valence-corrected chi connectivity index (χ3v) is 1.74. The number of hydroxylamine groups is 2. The van der Waals surface area contributed by atoms with Gasteiger partial charge in [-0.2, -0.15) is 0 Å². The fourth-order valence-electron chi connectivity index (χ4n) is 1.04. The van der Waals surface area contributed by atoms with Crippen LogP contribution in [-0.2, 0) is 19.2 Å². The van der Waals surface area contributed by atoms with Crippen LogP contribution in [0.1, 0.15) is 12.8 Å². The topological polar surface area (TPSA) is 76.1 Å². The average Bonchev–Trinajstić information content (AvgIpc) is 2.16. The predicted molar refractivity (Wildman–Crippen MR) is 45.4 cm³/mol. The smallest absolute Gasteiger partial charge is 0.325 e. The fourth-order valence-corrected chi connectivity index (χ4v) is 1.04. The minimum absolute atomic E-state index is 0.0906. The van der Waals surface area contributed by atoms with Crippen LogP contribution < -0.4 is 0 Å². The van der Waals surface area contributed by atoms with Crippen molar-refractivity contribution in [2.24, 2.45) is 0 Å². The van der Waals surface area contributed by atoms with E-state index in [0.717, 1.165) is 0 Å². The summed E-state index contributed by atoms with van der Waals surface area (Å²) in [6, 6.07) is 0. The molecule has 1 aliphatic rings. The van der Waals surface area contributed by atoms with Gasteiger partial charge in [-0.15, -0.1) is 5.06 Å². The summed E-state index contributed by atoms with van der Waals surface area (Å²) in [5, 5.41) is 9.82. The highest BCUT2D eigenvalue weighted by molar-refractivity contribution is 5.76. The van der Waals surface area contributed by atoms with Crippen LogP contribution in [0.25, 0.3) is 0 Å². The standard InChI is InChI=1S/C8H13NO5/c10-7(11)1-2-8(12)14-9-3-5-13-6-4-9/h1-6H2,(H,10,11). The molecule has 1 rings (SSSR count). The fraction of sp³-hybridized carbons (Fsp3) is 0.750. The molecule has 6 heteroatoms. The van der Waals surface area contributed by atoms with Crippen LogP contribution in [-0.4, -0.2) is 48.4 Å². The van der Waals surface area contributed by atoms with E-state index in [4.69, 9.17) is 14.7 Å². The van der Waals surface area contributed by atoms with Crippen molar-refractivity contribution in [3.63, 3.8) is 0 Å². The molecule has 0 unspecified atom stereocenters. The van der Waals surface area contributed by atoms with Gasteiger partial charge in [-0.05, 0) is 0 Å².